The van der Waals surface area contributed by atoms with Gasteiger partial charge in [-0.05, 0) is 54.4 Å². The average molecular weight is 460 g/mol. The zero-order chi connectivity index (χ0) is 23.0. The van der Waals surface area contributed by atoms with Gasteiger partial charge >= 0.3 is 0 Å². The fraction of sp³-hybridized carbons (Fsp3) is 0.115. The lowest BCUT2D eigenvalue weighted by atomic mass is 10.1. The van der Waals surface area contributed by atoms with Gasteiger partial charge in [-0.15, -0.1) is 0 Å². The minimum absolute atomic E-state index is 0.176. The number of benzene rings is 3. The van der Waals surface area contributed by atoms with Crippen molar-refractivity contribution in [3.63, 3.8) is 0 Å². The number of hydrogen-bond donors (Lipinski definition) is 1. The first-order chi connectivity index (χ1) is 16.1. The Morgan fingerprint density at radius 1 is 1.00 bits per heavy atom. The molecule has 7 heteroatoms. The Labute approximate surface area is 196 Å². The third kappa shape index (κ3) is 6.30. The van der Waals surface area contributed by atoms with Crippen LogP contribution in [0.15, 0.2) is 84.0 Å². The largest absolute Gasteiger partial charge is 0.489 e. The van der Waals surface area contributed by atoms with Gasteiger partial charge in [-0.1, -0.05) is 54.1 Å². The molecule has 0 saturated heterocycles. The van der Waals surface area contributed by atoms with Crippen LogP contribution in [0.3, 0.4) is 0 Å². The van der Waals surface area contributed by atoms with Crippen molar-refractivity contribution in [2.45, 2.75) is 13.5 Å². The fourth-order valence-electron chi connectivity index (χ4n) is 3.09. The molecule has 33 heavy (non-hydrogen) atoms. The van der Waals surface area contributed by atoms with E-state index in [0.717, 1.165) is 27.8 Å². The number of amides is 1. The second kappa shape index (κ2) is 10.6. The molecule has 1 N–H and O–H groups in total. The zero-order valence-electron chi connectivity index (χ0n) is 18.0. The van der Waals surface area contributed by atoms with Crippen LogP contribution in [0.4, 0.5) is 0 Å². The molecule has 0 fully saturated rings. The van der Waals surface area contributed by atoms with Crippen molar-refractivity contribution < 1.29 is 14.3 Å². The van der Waals surface area contributed by atoms with Gasteiger partial charge in [-0.3, -0.25) is 4.79 Å². The number of nitrogens with one attached hydrogen (secondary N) is 1. The fourth-order valence-corrected chi connectivity index (χ4v) is 3.28. The number of carbonyl (C=O) groups is 1. The van der Waals surface area contributed by atoms with Gasteiger partial charge in [0.2, 0.25) is 0 Å². The molecule has 4 aromatic rings. The number of carbonyl (C=O) groups excluding carboxylic acids is 1. The molecule has 1 heterocycles. The lowest BCUT2D eigenvalue weighted by Gasteiger charge is -2.08. The summed E-state index contributed by atoms with van der Waals surface area (Å²) in [5.41, 5.74) is 6.05. The standard InChI is InChI=1S/C26H22ClN3O3/c1-18-7-8-20-14-21(26(27)29-24(20)13-18)15-28-30-25(31)17-33-23-11-9-22(10-12-23)32-16-19-5-3-2-4-6-19/h2-15H,16-17H2,1H3,(H,30,31)/b28-15-. The van der Waals surface area contributed by atoms with Gasteiger partial charge in [0.25, 0.3) is 5.91 Å². The van der Waals surface area contributed by atoms with Gasteiger partial charge in [0, 0.05) is 10.9 Å². The molecule has 0 aliphatic heterocycles. The van der Waals surface area contributed by atoms with Crippen molar-refractivity contribution in [3.05, 3.63) is 101 Å². The molecule has 0 atom stereocenters. The van der Waals surface area contributed by atoms with Gasteiger partial charge in [-0.2, -0.15) is 5.10 Å². The van der Waals surface area contributed by atoms with Gasteiger partial charge in [0.1, 0.15) is 23.3 Å². The first-order valence-corrected chi connectivity index (χ1v) is 10.7. The summed E-state index contributed by atoms with van der Waals surface area (Å²) in [5, 5.41) is 5.22. The number of fused-ring (bicyclic) bond motifs is 1. The predicted octanol–water partition coefficient (Wildman–Crippen LogP) is 5.30. The second-order valence-electron chi connectivity index (χ2n) is 7.39. The third-order valence-corrected chi connectivity index (χ3v) is 5.09. The number of hydrazone groups is 1. The molecular formula is C26H22ClN3O3. The summed E-state index contributed by atoms with van der Waals surface area (Å²) in [6.45, 7) is 2.30. The van der Waals surface area contributed by atoms with E-state index in [-0.39, 0.29) is 6.61 Å². The lowest BCUT2D eigenvalue weighted by molar-refractivity contribution is -0.123. The van der Waals surface area contributed by atoms with E-state index in [1.165, 1.54) is 6.21 Å². The van der Waals surface area contributed by atoms with Gasteiger partial charge in [0.05, 0.1) is 11.7 Å². The Bertz CT molecular complexity index is 1280. The van der Waals surface area contributed by atoms with E-state index in [2.05, 4.69) is 15.5 Å². The first kappa shape index (κ1) is 22.3. The summed E-state index contributed by atoms with van der Waals surface area (Å²) >= 11 is 6.23. The summed E-state index contributed by atoms with van der Waals surface area (Å²) in [6.07, 6.45) is 1.46. The van der Waals surface area contributed by atoms with Crippen LogP contribution in [-0.2, 0) is 11.4 Å². The Kier molecular flexibility index (Phi) is 7.17. The number of aryl methyl sites for hydroxylation is 1. The van der Waals surface area contributed by atoms with Crippen LogP contribution in [0, 0.1) is 6.92 Å². The normalized spacial score (nSPS) is 11.0. The molecule has 0 bridgehead atoms. The van der Waals surface area contributed by atoms with Crippen LogP contribution in [-0.4, -0.2) is 23.7 Å². The molecule has 1 aromatic heterocycles. The minimum atomic E-state index is -0.392. The van der Waals surface area contributed by atoms with E-state index in [1.54, 1.807) is 24.3 Å². The van der Waals surface area contributed by atoms with E-state index in [1.807, 2.05) is 61.5 Å². The summed E-state index contributed by atoms with van der Waals surface area (Å²) < 4.78 is 11.2. The van der Waals surface area contributed by atoms with E-state index in [0.29, 0.717) is 23.1 Å². The molecule has 0 aliphatic carbocycles. The molecule has 166 valence electrons. The molecule has 1 amide bonds. The van der Waals surface area contributed by atoms with Crippen molar-refractivity contribution in [2.75, 3.05) is 6.61 Å². The first-order valence-electron chi connectivity index (χ1n) is 10.4. The van der Waals surface area contributed by atoms with E-state index in [9.17, 15) is 4.79 Å². The Morgan fingerprint density at radius 2 is 1.73 bits per heavy atom. The molecule has 4 rings (SSSR count). The van der Waals surface area contributed by atoms with Crippen LogP contribution < -0.4 is 14.9 Å². The van der Waals surface area contributed by atoms with Crippen molar-refractivity contribution in [3.8, 4) is 11.5 Å². The number of halogens is 1. The highest BCUT2D eigenvalue weighted by molar-refractivity contribution is 6.32. The highest BCUT2D eigenvalue weighted by Gasteiger charge is 2.05. The molecule has 0 spiro atoms. The molecule has 0 saturated carbocycles. The summed E-state index contributed by atoms with van der Waals surface area (Å²) in [6, 6.07) is 24.8. The van der Waals surface area contributed by atoms with Crippen molar-refractivity contribution in [1.29, 1.82) is 0 Å². The minimum Gasteiger partial charge on any atom is -0.489 e. The Balaban J connectivity index is 1.25. The third-order valence-electron chi connectivity index (χ3n) is 4.79. The maximum absolute atomic E-state index is 12.0. The highest BCUT2D eigenvalue weighted by Crippen LogP contribution is 2.21. The van der Waals surface area contributed by atoms with Gasteiger partial charge < -0.3 is 9.47 Å². The number of nitrogens with zero attached hydrogens (tertiary/aromatic N) is 2. The number of aromatic nitrogens is 1. The maximum atomic E-state index is 12.0. The van der Waals surface area contributed by atoms with Crippen LogP contribution in [0.25, 0.3) is 10.9 Å². The quantitative estimate of drug-likeness (QED) is 0.220. The van der Waals surface area contributed by atoms with Crippen LogP contribution in [0.1, 0.15) is 16.7 Å². The second-order valence-corrected chi connectivity index (χ2v) is 7.75. The van der Waals surface area contributed by atoms with Crippen LogP contribution in [0.2, 0.25) is 5.15 Å². The molecule has 6 nitrogen and oxygen atoms in total. The predicted molar refractivity (Wildman–Crippen MR) is 130 cm³/mol. The Hall–Kier alpha value is -3.90. The van der Waals surface area contributed by atoms with Crippen molar-refractivity contribution in [2.24, 2.45) is 5.10 Å². The van der Waals surface area contributed by atoms with E-state index >= 15 is 0 Å². The lowest BCUT2D eigenvalue weighted by Crippen LogP contribution is -2.24. The molecule has 0 radical (unpaired) electrons. The molecule has 0 aliphatic rings. The van der Waals surface area contributed by atoms with Gasteiger partial charge in [-0.25, -0.2) is 10.4 Å². The van der Waals surface area contributed by atoms with Gasteiger partial charge in [0.15, 0.2) is 6.61 Å². The average Bonchev–Trinajstić information content (AvgIpc) is 2.83. The number of pyridine rings is 1. The maximum Gasteiger partial charge on any atom is 0.277 e. The molecular weight excluding hydrogens is 438 g/mol. The number of hydrogen-bond acceptors (Lipinski definition) is 5. The monoisotopic (exact) mass is 459 g/mol. The van der Waals surface area contributed by atoms with E-state index < -0.39 is 5.91 Å². The summed E-state index contributed by atoms with van der Waals surface area (Å²) in [7, 11) is 0. The summed E-state index contributed by atoms with van der Waals surface area (Å²) in [4.78, 5) is 16.4. The van der Waals surface area contributed by atoms with E-state index in [4.69, 9.17) is 21.1 Å². The number of ether oxygens (including phenoxy) is 2. The highest BCUT2D eigenvalue weighted by atomic mass is 35.5. The van der Waals surface area contributed by atoms with Crippen molar-refractivity contribution in [1.82, 2.24) is 10.4 Å². The molecule has 3 aromatic carbocycles. The smallest absolute Gasteiger partial charge is 0.277 e. The zero-order valence-corrected chi connectivity index (χ0v) is 18.8. The molecule has 0 unspecified atom stereocenters. The Morgan fingerprint density at radius 3 is 2.48 bits per heavy atom. The topological polar surface area (TPSA) is 72.8 Å². The summed E-state index contributed by atoms with van der Waals surface area (Å²) in [5.74, 6) is 0.880. The van der Waals surface area contributed by atoms with Crippen molar-refractivity contribution >= 4 is 34.6 Å². The SMILES string of the molecule is Cc1ccc2cc(/C=N\NC(=O)COc3ccc(OCc4ccccc4)cc3)c(Cl)nc2c1. The van der Waals surface area contributed by atoms with Crippen LogP contribution in [0.5, 0.6) is 11.5 Å². The number of rotatable bonds is 8. The van der Waals surface area contributed by atoms with Crippen LogP contribution >= 0.6 is 11.6 Å².